The van der Waals surface area contributed by atoms with Crippen molar-refractivity contribution >= 4 is 23.4 Å². The lowest BCUT2D eigenvalue weighted by molar-refractivity contribution is -0.893. The number of hydrogen-bond donors (Lipinski definition) is 2. The van der Waals surface area contributed by atoms with E-state index in [2.05, 4.69) is 54.1 Å². The van der Waals surface area contributed by atoms with Gasteiger partial charge in [-0.25, -0.2) is 0 Å². The molecule has 2 aromatic rings. The fourth-order valence-corrected chi connectivity index (χ4v) is 4.08. The molecule has 1 atom stereocenters. The third-order valence-corrected chi connectivity index (χ3v) is 5.85. The molecule has 28 heavy (non-hydrogen) atoms. The van der Waals surface area contributed by atoms with Crippen molar-refractivity contribution in [2.75, 3.05) is 25.2 Å². The third-order valence-electron chi connectivity index (χ3n) is 4.89. The summed E-state index contributed by atoms with van der Waals surface area (Å²) in [6, 6.07) is 6.35. The maximum Gasteiger partial charge on any atom is 0.234 e. The molecular formula is C21H34N5OS+. The van der Waals surface area contributed by atoms with Gasteiger partial charge >= 0.3 is 0 Å². The Labute approximate surface area is 173 Å². The molecule has 0 saturated heterocycles. The minimum Gasteiger partial charge on any atom is -0.331 e. The lowest BCUT2D eigenvalue weighted by atomic mass is 10.1. The number of benzene rings is 1. The Hall–Kier alpha value is -1.86. The van der Waals surface area contributed by atoms with Crippen LogP contribution in [0.1, 0.15) is 56.1 Å². The predicted octanol–water partition coefficient (Wildman–Crippen LogP) is 3.02. The number of carbonyl (C=O) groups excluding carboxylic acids is 1. The highest BCUT2D eigenvalue weighted by Crippen LogP contribution is 2.22. The van der Waals surface area contributed by atoms with Crippen molar-refractivity contribution < 1.29 is 9.69 Å². The Balaban J connectivity index is 2.09. The third kappa shape index (κ3) is 5.82. The van der Waals surface area contributed by atoms with Gasteiger partial charge in [0.05, 0.1) is 19.8 Å². The summed E-state index contributed by atoms with van der Waals surface area (Å²) in [5.41, 5.74) is 3.13. The van der Waals surface area contributed by atoms with Gasteiger partial charge in [0.15, 0.2) is 11.0 Å². The zero-order valence-corrected chi connectivity index (χ0v) is 18.8. The van der Waals surface area contributed by atoms with Crippen LogP contribution in [0.25, 0.3) is 0 Å². The second-order valence-electron chi connectivity index (χ2n) is 7.54. The highest BCUT2D eigenvalue weighted by atomic mass is 32.2. The summed E-state index contributed by atoms with van der Waals surface area (Å²) in [7, 11) is 4.30. The molecule has 0 radical (unpaired) electrons. The molecule has 154 valence electrons. The average molecular weight is 405 g/mol. The summed E-state index contributed by atoms with van der Waals surface area (Å²) in [5, 5.41) is 12.7. The minimum absolute atomic E-state index is 0.0196. The van der Waals surface area contributed by atoms with Crippen LogP contribution in [0.3, 0.4) is 0 Å². The number of carbonyl (C=O) groups is 1. The molecule has 2 N–H and O–H groups in total. The summed E-state index contributed by atoms with van der Waals surface area (Å²) in [4.78, 5) is 13.8. The van der Waals surface area contributed by atoms with Crippen molar-refractivity contribution in [3.63, 3.8) is 0 Å². The van der Waals surface area contributed by atoms with Crippen molar-refractivity contribution in [1.29, 1.82) is 0 Å². The van der Waals surface area contributed by atoms with E-state index < -0.39 is 0 Å². The van der Waals surface area contributed by atoms with Gasteiger partial charge in [-0.15, -0.1) is 10.2 Å². The molecule has 0 aliphatic rings. The average Bonchev–Trinajstić information content (AvgIpc) is 3.03. The topological polar surface area (TPSA) is 64.2 Å². The van der Waals surface area contributed by atoms with Gasteiger partial charge in [0.2, 0.25) is 5.91 Å². The molecule has 1 aromatic heterocycles. The zero-order chi connectivity index (χ0) is 20.7. The van der Waals surface area contributed by atoms with Gasteiger partial charge in [0.25, 0.3) is 0 Å². The molecule has 0 aliphatic heterocycles. The lowest BCUT2D eigenvalue weighted by Crippen LogP contribution is -3.06. The van der Waals surface area contributed by atoms with Crippen LogP contribution in [0.2, 0.25) is 0 Å². The summed E-state index contributed by atoms with van der Waals surface area (Å²) >= 11 is 1.46. The molecule has 1 heterocycles. The van der Waals surface area contributed by atoms with E-state index in [1.165, 1.54) is 22.2 Å². The quantitative estimate of drug-likeness (QED) is 0.598. The SMILES string of the molecule is CCCCn1c(SCC(=O)Nc2ccc(C)cc2C)nnc1[C@@H](CC)[NH+](C)C. The van der Waals surface area contributed by atoms with Crippen molar-refractivity contribution in [3.8, 4) is 0 Å². The number of rotatable bonds is 10. The van der Waals surface area contributed by atoms with E-state index in [-0.39, 0.29) is 5.91 Å². The Kier molecular flexibility index (Phi) is 8.51. The number of aryl methyl sites for hydroxylation is 2. The summed E-state index contributed by atoms with van der Waals surface area (Å²) < 4.78 is 2.21. The molecule has 0 bridgehead atoms. The molecule has 0 unspecified atom stereocenters. The summed E-state index contributed by atoms with van der Waals surface area (Å²) in [6.45, 7) is 9.32. The van der Waals surface area contributed by atoms with Gasteiger partial charge in [-0.05, 0) is 31.9 Å². The normalized spacial score (nSPS) is 12.4. The largest absolute Gasteiger partial charge is 0.331 e. The molecule has 6 nitrogen and oxygen atoms in total. The van der Waals surface area contributed by atoms with Gasteiger partial charge in [-0.1, -0.05) is 49.7 Å². The first-order valence-corrected chi connectivity index (χ1v) is 11.1. The maximum absolute atomic E-state index is 12.5. The van der Waals surface area contributed by atoms with Crippen LogP contribution in [0.15, 0.2) is 23.4 Å². The van der Waals surface area contributed by atoms with Crippen LogP contribution in [-0.2, 0) is 11.3 Å². The van der Waals surface area contributed by atoms with Gasteiger partial charge in [-0.2, -0.15) is 0 Å². The van der Waals surface area contributed by atoms with E-state index in [1.807, 2.05) is 26.0 Å². The predicted molar refractivity (Wildman–Crippen MR) is 116 cm³/mol. The van der Waals surface area contributed by atoms with Crippen LogP contribution in [0.5, 0.6) is 0 Å². The second kappa shape index (κ2) is 10.6. The highest BCUT2D eigenvalue weighted by molar-refractivity contribution is 7.99. The number of anilines is 1. The Morgan fingerprint density at radius 1 is 1.25 bits per heavy atom. The first-order valence-electron chi connectivity index (χ1n) is 10.1. The van der Waals surface area contributed by atoms with Gasteiger partial charge in [0.1, 0.15) is 6.04 Å². The highest BCUT2D eigenvalue weighted by Gasteiger charge is 2.25. The molecule has 7 heteroatoms. The van der Waals surface area contributed by atoms with Crippen LogP contribution in [0.4, 0.5) is 5.69 Å². The van der Waals surface area contributed by atoms with Gasteiger partial charge in [0, 0.05) is 18.7 Å². The van der Waals surface area contributed by atoms with Crippen LogP contribution < -0.4 is 10.2 Å². The van der Waals surface area contributed by atoms with E-state index in [9.17, 15) is 4.79 Å². The van der Waals surface area contributed by atoms with E-state index in [0.717, 1.165) is 48.0 Å². The van der Waals surface area contributed by atoms with Crippen LogP contribution >= 0.6 is 11.8 Å². The van der Waals surface area contributed by atoms with E-state index in [1.54, 1.807) is 0 Å². The number of unbranched alkanes of at least 4 members (excludes halogenated alkanes) is 1. The molecule has 1 aromatic carbocycles. The van der Waals surface area contributed by atoms with E-state index in [0.29, 0.717) is 11.8 Å². The van der Waals surface area contributed by atoms with Crippen molar-refractivity contribution in [2.45, 2.75) is 64.7 Å². The Morgan fingerprint density at radius 3 is 2.61 bits per heavy atom. The molecule has 1 amide bonds. The molecule has 0 aliphatic carbocycles. The van der Waals surface area contributed by atoms with Gasteiger partial charge in [-0.3, -0.25) is 4.79 Å². The van der Waals surface area contributed by atoms with Crippen LogP contribution in [-0.4, -0.2) is 40.5 Å². The molecule has 0 spiro atoms. The monoisotopic (exact) mass is 404 g/mol. The number of nitrogens with one attached hydrogen (secondary N) is 2. The summed E-state index contributed by atoms with van der Waals surface area (Å²) in [5.74, 6) is 1.32. The number of thioether (sulfide) groups is 1. The molecule has 0 saturated carbocycles. The Bertz CT molecular complexity index is 787. The smallest absolute Gasteiger partial charge is 0.234 e. The number of aromatic nitrogens is 3. The van der Waals surface area contributed by atoms with E-state index >= 15 is 0 Å². The number of amides is 1. The van der Waals surface area contributed by atoms with Gasteiger partial charge < -0.3 is 14.8 Å². The van der Waals surface area contributed by atoms with Crippen molar-refractivity contribution in [3.05, 3.63) is 35.2 Å². The number of hydrogen-bond acceptors (Lipinski definition) is 4. The standard InChI is InChI=1S/C21H33N5OS/c1-7-9-12-26-20(18(8-2)25(5)6)23-24-21(26)28-14-19(27)22-17-11-10-15(3)13-16(17)4/h10-11,13,18H,7-9,12,14H2,1-6H3,(H,22,27)/p+1/t18-/m1/s1. The first kappa shape index (κ1) is 22.4. The molecule has 2 rings (SSSR count). The zero-order valence-electron chi connectivity index (χ0n) is 18.0. The lowest BCUT2D eigenvalue weighted by Gasteiger charge is -2.20. The van der Waals surface area contributed by atoms with Crippen molar-refractivity contribution in [2.24, 2.45) is 0 Å². The fraction of sp³-hybridized carbons (Fsp3) is 0.571. The minimum atomic E-state index is -0.0196. The fourth-order valence-electron chi connectivity index (χ4n) is 3.31. The second-order valence-corrected chi connectivity index (χ2v) is 8.48. The van der Waals surface area contributed by atoms with Crippen molar-refractivity contribution in [1.82, 2.24) is 14.8 Å². The van der Waals surface area contributed by atoms with E-state index in [4.69, 9.17) is 0 Å². The first-order chi connectivity index (χ1) is 13.4. The molecule has 0 fully saturated rings. The number of quaternary nitrogens is 1. The Morgan fingerprint density at radius 2 is 2.00 bits per heavy atom. The van der Waals surface area contributed by atoms with Crippen LogP contribution in [0, 0.1) is 13.8 Å². The molecular weight excluding hydrogens is 370 g/mol. The maximum atomic E-state index is 12.5. The summed E-state index contributed by atoms with van der Waals surface area (Å²) in [6.07, 6.45) is 3.19. The number of nitrogens with zero attached hydrogens (tertiary/aromatic N) is 3.